The number of ketones is 1. The minimum atomic E-state index is -0.0684. The van der Waals surface area contributed by atoms with Crippen molar-refractivity contribution in [3.05, 3.63) is 35.9 Å². The molecular weight excluding hydrogens is 164 g/mol. The lowest BCUT2D eigenvalue weighted by molar-refractivity contribution is -0.123. The van der Waals surface area contributed by atoms with E-state index in [1.54, 1.807) is 0 Å². The molecule has 0 aliphatic carbocycles. The molecule has 0 aliphatic heterocycles. The average Bonchev–Trinajstić information content (AvgIpc) is 2.18. The number of rotatable bonds is 4. The fourth-order valence-corrected chi connectivity index (χ4v) is 1.19. The maximum Gasteiger partial charge on any atom is 0.165 e. The Labute approximate surface area is 78.5 Å². The van der Waals surface area contributed by atoms with Crippen LogP contribution in [0.1, 0.15) is 18.4 Å². The van der Waals surface area contributed by atoms with E-state index in [0.717, 1.165) is 5.56 Å². The van der Waals surface area contributed by atoms with Crippen LogP contribution in [0.4, 0.5) is 0 Å². The number of Topliss-reactive ketones (excluding diaryl/α,β-unsaturated/α-hetero) is 1. The van der Waals surface area contributed by atoms with E-state index in [2.05, 4.69) is 0 Å². The van der Waals surface area contributed by atoms with Crippen LogP contribution in [-0.4, -0.2) is 19.5 Å². The van der Waals surface area contributed by atoms with Crippen molar-refractivity contribution in [2.24, 2.45) is 0 Å². The molecule has 0 aromatic heterocycles. The van der Waals surface area contributed by atoms with Gasteiger partial charge in [0.05, 0.1) is 0 Å². The Morgan fingerprint density at radius 3 is 2.54 bits per heavy atom. The van der Waals surface area contributed by atoms with E-state index in [-0.39, 0.29) is 18.3 Å². The number of carbonyl (C=O) groups excluding carboxylic acids is 1. The van der Waals surface area contributed by atoms with E-state index < -0.39 is 0 Å². The van der Waals surface area contributed by atoms with E-state index in [1.165, 1.54) is 7.11 Å². The Hall–Kier alpha value is -1.15. The molecule has 0 fully saturated rings. The summed E-state index contributed by atoms with van der Waals surface area (Å²) in [4.78, 5) is 11.4. The summed E-state index contributed by atoms with van der Waals surface area (Å²) >= 11 is 0. The number of ether oxygens (including phenoxy) is 1. The fourth-order valence-electron chi connectivity index (χ4n) is 1.19. The Balaban J connectivity index is 2.68. The molecule has 0 saturated carbocycles. The van der Waals surface area contributed by atoms with Gasteiger partial charge in [-0.3, -0.25) is 4.79 Å². The van der Waals surface area contributed by atoms with Crippen molar-refractivity contribution in [1.29, 1.82) is 0 Å². The second-order valence-corrected chi connectivity index (χ2v) is 3.03. The van der Waals surface area contributed by atoms with Crippen LogP contribution in [0.5, 0.6) is 0 Å². The lowest BCUT2D eigenvalue weighted by Gasteiger charge is -2.09. The summed E-state index contributed by atoms with van der Waals surface area (Å²) in [5.74, 6) is 0.0508. The molecule has 0 amide bonds. The Kier molecular flexibility index (Phi) is 3.65. The van der Waals surface area contributed by atoms with Gasteiger partial charge in [0.1, 0.15) is 6.61 Å². The molecule has 1 atom stereocenters. The first-order valence-electron chi connectivity index (χ1n) is 4.32. The van der Waals surface area contributed by atoms with E-state index in [4.69, 9.17) is 4.74 Å². The van der Waals surface area contributed by atoms with Gasteiger partial charge in [-0.2, -0.15) is 0 Å². The van der Waals surface area contributed by atoms with E-state index in [0.29, 0.717) is 0 Å². The normalized spacial score (nSPS) is 12.5. The maximum atomic E-state index is 11.4. The van der Waals surface area contributed by atoms with Crippen molar-refractivity contribution < 1.29 is 9.53 Å². The van der Waals surface area contributed by atoms with Crippen molar-refractivity contribution in [3.63, 3.8) is 0 Å². The second kappa shape index (κ2) is 4.77. The summed E-state index contributed by atoms with van der Waals surface area (Å²) in [5.41, 5.74) is 1.05. The summed E-state index contributed by atoms with van der Waals surface area (Å²) in [7, 11) is 1.54. The molecular formula is C11H14O2. The standard InChI is InChI=1S/C11H14O2/c1-9(11(12)8-13-2)10-6-4-3-5-7-10/h3-7,9H,8H2,1-2H3. The van der Waals surface area contributed by atoms with Gasteiger partial charge in [-0.05, 0) is 5.56 Å². The van der Waals surface area contributed by atoms with Crippen molar-refractivity contribution >= 4 is 5.78 Å². The summed E-state index contributed by atoms with van der Waals surface area (Å²) in [6.07, 6.45) is 0. The number of hydrogen-bond donors (Lipinski definition) is 0. The van der Waals surface area contributed by atoms with Gasteiger partial charge in [-0.15, -0.1) is 0 Å². The van der Waals surface area contributed by atoms with Crippen LogP contribution in [0, 0.1) is 0 Å². The molecule has 1 aromatic rings. The summed E-state index contributed by atoms with van der Waals surface area (Å²) < 4.78 is 4.80. The van der Waals surface area contributed by atoms with Crippen LogP contribution in [0.3, 0.4) is 0 Å². The van der Waals surface area contributed by atoms with Crippen molar-refractivity contribution in [2.75, 3.05) is 13.7 Å². The maximum absolute atomic E-state index is 11.4. The van der Waals surface area contributed by atoms with E-state index in [1.807, 2.05) is 37.3 Å². The Bertz CT molecular complexity index is 267. The van der Waals surface area contributed by atoms with E-state index in [9.17, 15) is 4.79 Å². The van der Waals surface area contributed by atoms with Gasteiger partial charge in [-0.1, -0.05) is 37.3 Å². The number of hydrogen-bond acceptors (Lipinski definition) is 2. The third kappa shape index (κ3) is 2.67. The van der Waals surface area contributed by atoms with Gasteiger partial charge in [0.25, 0.3) is 0 Å². The van der Waals surface area contributed by atoms with Crippen LogP contribution in [-0.2, 0) is 9.53 Å². The predicted octanol–water partition coefficient (Wildman–Crippen LogP) is 2.01. The highest BCUT2D eigenvalue weighted by molar-refractivity contribution is 5.86. The smallest absolute Gasteiger partial charge is 0.165 e. The molecule has 1 aromatic carbocycles. The second-order valence-electron chi connectivity index (χ2n) is 3.03. The van der Waals surface area contributed by atoms with Crippen molar-refractivity contribution in [1.82, 2.24) is 0 Å². The van der Waals surface area contributed by atoms with Gasteiger partial charge < -0.3 is 4.74 Å². The molecule has 0 N–H and O–H groups in total. The highest BCUT2D eigenvalue weighted by Gasteiger charge is 2.13. The molecule has 0 heterocycles. The summed E-state index contributed by atoms with van der Waals surface area (Å²) in [6, 6.07) is 9.73. The third-order valence-electron chi connectivity index (χ3n) is 2.07. The SMILES string of the molecule is COCC(=O)C(C)c1ccccc1. The average molecular weight is 178 g/mol. The molecule has 0 aliphatic rings. The molecule has 0 spiro atoms. The lowest BCUT2D eigenvalue weighted by atomic mass is 9.97. The Morgan fingerprint density at radius 1 is 1.38 bits per heavy atom. The minimum Gasteiger partial charge on any atom is -0.377 e. The summed E-state index contributed by atoms with van der Waals surface area (Å²) in [6.45, 7) is 2.09. The van der Waals surface area contributed by atoms with Crippen LogP contribution in [0.15, 0.2) is 30.3 Å². The highest BCUT2D eigenvalue weighted by atomic mass is 16.5. The largest absolute Gasteiger partial charge is 0.377 e. The predicted molar refractivity (Wildman–Crippen MR) is 51.7 cm³/mol. The van der Waals surface area contributed by atoms with Gasteiger partial charge in [-0.25, -0.2) is 0 Å². The molecule has 2 nitrogen and oxygen atoms in total. The van der Waals surface area contributed by atoms with E-state index >= 15 is 0 Å². The first-order chi connectivity index (χ1) is 6.25. The van der Waals surface area contributed by atoms with Crippen molar-refractivity contribution in [2.45, 2.75) is 12.8 Å². The topological polar surface area (TPSA) is 26.3 Å². The third-order valence-corrected chi connectivity index (χ3v) is 2.07. The quantitative estimate of drug-likeness (QED) is 0.705. The number of methoxy groups -OCH3 is 1. The first-order valence-corrected chi connectivity index (χ1v) is 4.32. The zero-order chi connectivity index (χ0) is 9.68. The fraction of sp³-hybridized carbons (Fsp3) is 0.364. The summed E-state index contributed by atoms with van der Waals surface area (Å²) in [5, 5.41) is 0. The molecule has 2 heteroatoms. The van der Waals surface area contributed by atoms with Gasteiger partial charge >= 0.3 is 0 Å². The molecule has 13 heavy (non-hydrogen) atoms. The minimum absolute atomic E-state index is 0.0684. The van der Waals surface area contributed by atoms with Crippen molar-refractivity contribution in [3.8, 4) is 0 Å². The van der Waals surface area contributed by atoms with Gasteiger partial charge in [0.2, 0.25) is 0 Å². The molecule has 0 bridgehead atoms. The monoisotopic (exact) mass is 178 g/mol. The lowest BCUT2D eigenvalue weighted by Crippen LogP contribution is -2.14. The molecule has 1 unspecified atom stereocenters. The van der Waals surface area contributed by atoms with Gasteiger partial charge in [0, 0.05) is 13.0 Å². The highest BCUT2D eigenvalue weighted by Crippen LogP contribution is 2.15. The molecule has 70 valence electrons. The number of carbonyl (C=O) groups is 1. The van der Waals surface area contributed by atoms with Crippen LogP contribution < -0.4 is 0 Å². The van der Waals surface area contributed by atoms with Crippen LogP contribution >= 0.6 is 0 Å². The Morgan fingerprint density at radius 2 is 2.00 bits per heavy atom. The van der Waals surface area contributed by atoms with Crippen LogP contribution in [0.2, 0.25) is 0 Å². The molecule has 0 radical (unpaired) electrons. The number of benzene rings is 1. The zero-order valence-electron chi connectivity index (χ0n) is 7.99. The van der Waals surface area contributed by atoms with Crippen LogP contribution in [0.25, 0.3) is 0 Å². The molecule has 1 rings (SSSR count). The molecule has 0 saturated heterocycles. The zero-order valence-corrected chi connectivity index (χ0v) is 7.99. The van der Waals surface area contributed by atoms with Gasteiger partial charge in [0.15, 0.2) is 5.78 Å². The first kappa shape index (κ1) is 9.93.